The number of anilines is 1. The van der Waals surface area contributed by atoms with Crippen LogP contribution in [0.3, 0.4) is 0 Å². The van der Waals surface area contributed by atoms with Crippen molar-refractivity contribution >= 4 is 11.6 Å². The van der Waals surface area contributed by atoms with Crippen molar-refractivity contribution in [2.45, 2.75) is 12.8 Å². The van der Waals surface area contributed by atoms with E-state index in [-0.39, 0.29) is 11.8 Å². The number of hydrogen-bond acceptors (Lipinski definition) is 3. The Morgan fingerprint density at radius 2 is 2.28 bits per heavy atom. The highest BCUT2D eigenvalue weighted by molar-refractivity contribution is 5.97. The summed E-state index contributed by atoms with van der Waals surface area (Å²) in [6.45, 7) is 3.08. The summed E-state index contributed by atoms with van der Waals surface area (Å²) in [5.74, 6) is 1.17. The maximum absolute atomic E-state index is 12.5. The van der Waals surface area contributed by atoms with Gasteiger partial charge >= 0.3 is 0 Å². The van der Waals surface area contributed by atoms with E-state index in [0.717, 1.165) is 37.4 Å². The van der Waals surface area contributed by atoms with Gasteiger partial charge in [-0.25, -0.2) is 0 Å². The highest BCUT2D eigenvalue weighted by atomic mass is 16.5. The van der Waals surface area contributed by atoms with Crippen LogP contribution in [-0.4, -0.2) is 32.1 Å². The van der Waals surface area contributed by atoms with Gasteiger partial charge in [0, 0.05) is 6.54 Å². The molecule has 0 aromatic heterocycles. The molecule has 4 heteroatoms. The minimum atomic E-state index is 0.116. The number of carbonyl (C=O) groups excluding carboxylic acids is 1. The van der Waals surface area contributed by atoms with Gasteiger partial charge in [0.25, 0.3) is 0 Å². The number of nitrogens with zero attached hydrogens (tertiary/aromatic N) is 1. The number of piperidine rings is 1. The Balaban J connectivity index is 1.82. The smallest absolute Gasteiger partial charge is 0.231 e. The fraction of sp³-hybridized carbons (Fsp3) is 0.500. The van der Waals surface area contributed by atoms with Crippen molar-refractivity contribution in [3.8, 4) is 5.75 Å². The van der Waals surface area contributed by atoms with E-state index in [4.69, 9.17) is 4.74 Å². The molecular formula is C14H18N2O2. The molecule has 4 nitrogen and oxygen atoms in total. The van der Waals surface area contributed by atoms with Gasteiger partial charge in [0.2, 0.25) is 5.91 Å². The second kappa shape index (κ2) is 4.98. The molecule has 0 radical (unpaired) electrons. The Kier molecular flexibility index (Phi) is 3.19. The maximum atomic E-state index is 12.5. The number of para-hydroxylation sites is 2. The molecule has 1 atom stereocenters. The molecule has 1 aromatic carbocycles. The molecule has 1 saturated heterocycles. The third kappa shape index (κ3) is 2.08. The van der Waals surface area contributed by atoms with Crippen LogP contribution in [-0.2, 0) is 4.79 Å². The molecule has 96 valence electrons. The molecule has 1 unspecified atom stereocenters. The molecule has 18 heavy (non-hydrogen) atoms. The topological polar surface area (TPSA) is 41.6 Å². The highest BCUT2D eigenvalue weighted by Gasteiger charge is 2.29. The lowest BCUT2D eigenvalue weighted by molar-refractivity contribution is -0.123. The summed E-state index contributed by atoms with van der Waals surface area (Å²) in [6, 6.07) is 7.78. The van der Waals surface area contributed by atoms with Gasteiger partial charge in [0.05, 0.1) is 18.2 Å². The van der Waals surface area contributed by atoms with Crippen LogP contribution >= 0.6 is 0 Å². The first-order valence-corrected chi connectivity index (χ1v) is 6.60. The van der Waals surface area contributed by atoms with Crippen LogP contribution in [0, 0.1) is 5.92 Å². The predicted octanol–water partition coefficient (Wildman–Crippen LogP) is 1.41. The highest BCUT2D eigenvalue weighted by Crippen LogP contribution is 2.32. The zero-order valence-electron chi connectivity index (χ0n) is 10.4. The van der Waals surface area contributed by atoms with Crippen LogP contribution in [0.5, 0.6) is 5.75 Å². The van der Waals surface area contributed by atoms with Crippen LogP contribution in [0.2, 0.25) is 0 Å². The minimum absolute atomic E-state index is 0.116. The second-order valence-electron chi connectivity index (χ2n) is 4.85. The fourth-order valence-electron chi connectivity index (χ4n) is 2.68. The normalized spacial score (nSPS) is 23.1. The zero-order chi connectivity index (χ0) is 12.4. The molecule has 3 rings (SSSR count). The number of nitrogens with one attached hydrogen (secondary N) is 1. The molecule has 0 spiro atoms. The van der Waals surface area contributed by atoms with Crippen LogP contribution < -0.4 is 15.0 Å². The fourth-order valence-corrected chi connectivity index (χ4v) is 2.68. The standard InChI is InChI=1S/C14H18N2O2/c17-14(11-4-3-7-15-10-11)16-8-9-18-13-6-2-1-5-12(13)16/h1-2,5-6,11,15H,3-4,7-10H2. The molecule has 2 aliphatic rings. The SMILES string of the molecule is O=C(C1CCCNC1)N1CCOc2ccccc21. The van der Waals surface area contributed by atoms with E-state index in [1.807, 2.05) is 29.2 Å². The minimum Gasteiger partial charge on any atom is -0.490 e. The second-order valence-corrected chi connectivity index (χ2v) is 4.85. The average molecular weight is 246 g/mol. The lowest BCUT2D eigenvalue weighted by Gasteiger charge is -2.33. The Bertz CT molecular complexity index is 441. The molecule has 1 aromatic rings. The quantitative estimate of drug-likeness (QED) is 0.814. The Hall–Kier alpha value is -1.55. The third-order valence-electron chi connectivity index (χ3n) is 3.64. The Labute approximate surface area is 107 Å². The van der Waals surface area contributed by atoms with Crippen LogP contribution in [0.25, 0.3) is 0 Å². The van der Waals surface area contributed by atoms with E-state index in [0.29, 0.717) is 13.2 Å². The summed E-state index contributed by atoms with van der Waals surface area (Å²) in [6.07, 6.45) is 2.08. The van der Waals surface area contributed by atoms with E-state index in [9.17, 15) is 4.79 Å². The van der Waals surface area contributed by atoms with Crippen molar-refractivity contribution in [1.82, 2.24) is 5.32 Å². The Morgan fingerprint density at radius 3 is 3.11 bits per heavy atom. The van der Waals surface area contributed by atoms with Crippen molar-refractivity contribution in [3.63, 3.8) is 0 Å². The number of hydrogen-bond donors (Lipinski definition) is 1. The number of carbonyl (C=O) groups is 1. The average Bonchev–Trinajstić information content (AvgIpc) is 2.47. The van der Waals surface area contributed by atoms with Crippen LogP contribution in [0.4, 0.5) is 5.69 Å². The summed E-state index contributed by atoms with van der Waals surface area (Å²) < 4.78 is 5.58. The number of fused-ring (bicyclic) bond motifs is 1. The van der Waals surface area contributed by atoms with Gasteiger partial charge in [-0.3, -0.25) is 4.79 Å². The Morgan fingerprint density at radius 1 is 1.39 bits per heavy atom. The maximum Gasteiger partial charge on any atom is 0.231 e. The number of rotatable bonds is 1. The molecule has 0 aliphatic carbocycles. The lowest BCUT2D eigenvalue weighted by Crippen LogP contribution is -2.46. The third-order valence-corrected chi connectivity index (χ3v) is 3.64. The molecule has 0 bridgehead atoms. The first-order chi connectivity index (χ1) is 8.86. The lowest BCUT2D eigenvalue weighted by atomic mass is 9.97. The van der Waals surface area contributed by atoms with Crippen molar-refractivity contribution in [1.29, 1.82) is 0 Å². The van der Waals surface area contributed by atoms with Crippen LogP contribution in [0.1, 0.15) is 12.8 Å². The van der Waals surface area contributed by atoms with Crippen molar-refractivity contribution in [3.05, 3.63) is 24.3 Å². The van der Waals surface area contributed by atoms with Gasteiger partial charge in [-0.1, -0.05) is 12.1 Å². The van der Waals surface area contributed by atoms with Crippen molar-refractivity contribution in [2.24, 2.45) is 5.92 Å². The van der Waals surface area contributed by atoms with E-state index in [2.05, 4.69) is 5.32 Å². The molecule has 0 saturated carbocycles. The first-order valence-electron chi connectivity index (χ1n) is 6.60. The van der Waals surface area contributed by atoms with E-state index >= 15 is 0 Å². The zero-order valence-corrected chi connectivity index (χ0v) is 10.4. The van der Waals surface area contributed by atoms with Crippen molar-refractivity contribution in [2.75, 3.05) is 31.1 Å². The van der Waals surface area contributed by atoms with E-state index in [1.54, 1.807) is 0 Å². The number of ether oxygens (including phenoxy) is 1. The molecular weight excluding hydrogens is 228 g/mol. The largest absolute Gasteiger partial charge is 0.490 e. The van der Waals surface area contributed by atoms with Gasteiger partial charge in [0.15, 0.2) is 0 Å². The van der Waals surface area contributed by atoms with Gasteiger partial charge in [-0.15, -0.1) is 0 Å². The molecule has 1 fully saturated rings. The first kappa shape index (κ1) is 11.5. The molecule has 2 heterocycles. The summed E-state index contributed by atoms with van der Waals surface area (Å²) in [5.41, 5.74) is 0.916. The van der Waals surface area contributed by atoms with Gasteiger partial charge in [-0.05, 0) is 31.5 Å². The molecule has 1 amide bonds. The van der Waals surface area contributed by atoms with E-state index in [1.165, 1.54) is 0 Å². The van der Waals surface area contributed by atoms with Gasteiger partial charge in [0.1, 0.15) is 12.4 Å². The van der Waals surface area contributed by atoms with Crippen LogP contribution in [0.15, 0.2) is 24.3 Å². The van der Waals surface area contributed by atoms with Gasteiger partial charge in [-0.2, -0.15) is 0 Å². The summed E-state index contributed by atoms with van der Waals surface area (Å²) in [4.78, 5) is 14.4. The summed E-state index contributed by atoms with van der Waals surface area (Å²) >= 11 is 0. The van der Waals surface area contributed by atoms with Crippen molar-refractivity contribution < 1.29 is 9.53 Å². The predicted molar refractivity (Wildman–Crippen MR) is 69.9 cm³/mol. The molecule has 1 N–H and O–H groups in total. The molecule has 2 aliphatic heterocycles. The number of amides is 1. The van der Waals surface area contributed by atoms with E-state index < -0.39 is 0 Å². The van der Waals surface area contributed by atoms with Gasteiger partial charge < -0.3 is 15.0 Å². The monoisotopic (exact) mass is 246 g/mol. The summed E-state index contributed by atoms with van der Waals surface area (Å²) in [5, 5.41) is 3.30. The summed E-state index contributed by atoms with van der Waals surface area (Å²) in [7, 11) is 0. The number of benzene rings is 1.